The molecule has 1 aromatic rings. The van der Waals surface area contributed by atoms with E-state index in [0.29, 0.717) is 6.61 Å². The van der Waals surface area contributed by atoms with Crippen LogP contribution in [0.15, 0.2) is 0 Å². The van der Waals surface area contributed by atoms with Crippen molar-refractivity contribution in [1.82, 2.24) is 10.3 Å². The fraction of sp³-hybridized carbons (Fsp3) is 0.769. The molecule has 0 saturated heterocycles. The molecule has 0 spiro atoms. The molecule has 4 heteroatoms. The first-order valence-electron chi connectivity index (χ1n) is 6.17. The van der Waals surface area contributed by atoms with E-state index >= 15 is 0 Å². The van der Waals surface area contributed by atoms with Gasteiger partial charge in [0.2, 0.25) is 0 Å². The van der Waals surface area contributed by atoms with Crippen molar-refractivity contribution in [1.29, 1.82) is 0 Å². The normalized spacial score (nSPS) is 12.1. The fourth-order valence-electron chi connectivity index (χ4n) is 1.54. The number of hydrogen-bond acceptors (Lipinski definition) is 4. The Balaban J connectivity index is 2.73. The van der Waals surface area contributed by atoms with Gasteiger partial charge in [-0.2, -0.15) is 0 Å². The summed E-state index contributed by atoms with van der Waals surface area (Å²) in [5.74, 6) is 0. The molecule has 1 heterocycles. The van der Waals surface area contributed by atoms with E-state index in [-0.39, 0.29) is 5.54 Å². The number of methoxy groups -OCH3 is 1. The number of aromatic nitrogens is 1. The molecular formula is C13H24N2OS. The zero-order valence-corrected chi connectivity index (χ0v) is 12.4. The number of ether oxygens (including phenoxy) is 1. The van der Waals surface area contributed by atoms with Crippen LogP contribution in [-0.4, -0.2) is 17.6 Å². The summed E-state index contributed by atoms with van der Waals surface area (Å²) in [6.45, 7) is 10.3. The lowest BCUT2D eigenvalue weighted by Crippen LogP contribution is -2.35. The quantitative estimate of drug-likeness (QED) is 0.849. The molecule has 0 radical (unpaired) electrons. The van der Waals surface area contributed by atoms with Gasteiger partial charge in [-0.1, -0.05) is 13.3 Å². The maximum absolute atomic E-state index is 5.15. The van der Waals surface area contributed by atoms with Crippen LogP contribution in [0.5, 0.6) is 0 Å². The third-order valence-corrected chi connectivity index (χ3v) is 3.43. The van der Waals surface area contributed by atoms with Gasteiger partial charge in [-0.25, -0.2) is 4.98 Å². The van der Waals surface area contributed by atoms with Crippen molar-refractivity contribution >= 4 is 11.3 Å². The zero-order valence-electron chi connectivity index (χ0n) is 11.6. The molecule has 0 bridgehead atoms. The zero-order chi connectivity index (χ0) is 12.9. The number of thiazole rings is 1. The highest BCUT2D eigenvalue weighted by molar-refractivity contribution is 7.11. The first kappa shape index (κ1) is 14.6. The fourth-order valence-corrected chi connectivity index (χ4v) is 2.56. The monoisotopic (exact) mass is 256 g/mol. The second-order valence-electron chi connectivity index (χ2n) is 5.26. The molecule has 0 atom stereocenters. The Labute approximate surface area is 109 Å². The summed E-state index contributed by atoms with van der Waals surface area (Å²) in [6, 6.07) is 0. The highest BCUT2D eigenvalue weighted by Crippen LogP contribution is 2.21. The topological polar surface area (TPSA) is 34.1 Å². The van der Waals surface area contributed by atoms with Crippen molar-refractivity contribution in [2.75, 3.05) is 7.11 Å². The molecule has 0 unspecified atom stereocenters. The van der Waals surface area contributed by atoms with Crippen molar-refractivity contribution in [3.63, 3.8) is 0 Å². The Kier molecular flexibility index (Phi) is 5.56. The van der Waals surface area contributed by atoms with E-state index in [9.17, 15) is 0 Å². The lowest BCUT2D eigenvalue weighted by atomic mass is 10.1. The highest BCUT2D eigenvalue weighted by atomic mass is 32.1. The van der Waals surface area contributed by atoms with Crippen LogP contribution in [0.1, 0.15) is 49.7 Å². The standard InChI is InChI=1S/C13H24N2OS/c1-6-7-10-11(8-14-13(2,3)4)17-12(15-10)9-16-5/h14H,6-9H2,1-5H3. The van der Waals surface area contributed by atoms with E-state index in [0.717, 1.165) is 24.4 Å². The maximum Gasteiger partial charge on any atom is 0.119 e. The Hall–Kier alpha value is -0.450. The molecule has 0 saturated carbocycles. The van der Waals surface area contributed by atoms with Gasteiger partial charge in [-0.3, -0.25) is 0 Å². The van der Waals surface area contributed by atoms with Crippen molar-refractivity contribution in [2.24, 2.45) is 0 Å². The average Bonchev–Trinajstić information content (AvgIpc) is 2.58. The lowest BCUT2D eigenvalue weighted by molar-refractivity contribution is 0.184. The van der Waals surface area contributed by atoms with Crippen molar-refractivity contribution in [3.05, 3.63) is 15.6 Å². The van der Waals surface area contributed by atoms with Gasteiger partial charge in [0.05, 0.1) is 12.3 Å². The highest BCUT2D eigenvalue weighted by Gasteiger charge is 2.14. The van der Waals surface area contributed by atoms with E-state index in [1.807, 2.05) is 0 Å². The van der Waals surface area contributed by atoms with Gasteiger partial charge in [-0.05, 0) is 27.2 Å². The Morgan fingerprint density at radius 2 is 2.06 bits per heavy atom. The number of hydrogen-bond donors (Lipinski definition) is 1. The van der Waals surface area contributed by atoms with E-state index in [2.05, 4.69) is 38.0 Å². The Bertz CT molecular complexity index is 342. The molecule has 0 aliphatic rings. The Morgan fingerprint density at radius 3 is 2.59 bits per heavy atom. The second kappa shape index (κ2) is 6.47. The molecule has 17 heavy (non-hydrogen) atoms. The maximum atomic E-state index is 5.15. The van der Waals surface area contributed by atoms with Gasteiger partial charge in [0.15, 0.2) is 0 Å². The van der Waals surface area contributed by atoms with Crippen LogP contribution < -0.4 is 5.32 Å². The van der Waals surface area contributed by atoms with Crippen molar-refractivity contribution < 1.29 is 4.74 Å². The average molecular weight is 256 g/mol. The van der Waals surface area contributed by atoms with Crippen LogP contribution >= 0.6 is 11.3 Å². The molecular weight excluding hydrogens is 232 g/mol. The summed E-state index contributed by atoms with van der Waals surface area (Å²) in [4.78, 5) is 6.00. The van der Waals surface area contributed by atoms with Crippen molar-refractivity contribution in [3.8, 4) is 0 Å². The van der Waals surface area contributed by atoms with Gasteiger partial charge in [0.1, 0.15) is 5.01 Å². The van der Waals surface area contributed by atoms with Crippen LogP contribution in [0.4, 0.5) is 0 Å². The summed E-state index contributed by atoms with van der Waals surface area (Å²) >= 11 is 1.77. The first-order chi connectivity index (χ1) is 7.96. The second-order valence-corrected chi connectivity index (χ2v) is 6.43. The molecule has 0 aromatic carbocycles. The minimum absolute atomic E-state index is 0.148. The van der Waals surface area contributed by atoms with Crippen LogP contribution in [-0.2, 0) is 24.3 Å². The van der Waals surface area contributed by atoms with Crippen LogP contribution in [0.25, 0.3) is 0 Å². The van der Waals surface area contributed by atoms with Crippen LogP contribution in [0.3, 0.4) is 0 Å². The smallest absolute Gasteiger partial charge is 0.119 e. The molecule has 0 fully saturated rings. The predicted molar refractivity (Wildman–Crippen MR) is 73.4 cm³/mol. The molecule has 1 rings (SSSR count). The first-order valence-corrected chi connectivity index (χ1v) is 6.99. The van der Waals surface area contributed by atoms with E-state index in [4.69, 9.17) is 4.74 Å². The summed E-state index contributed by atoms with van der Waals surface area (Å²) in [7, 11) is 1.72. The van der Waals surface area contributed by atoms with Crippen LogP contribution in [0, 0.1) is 0 Å². The molecule has 0 aliphatic carbocycles. The third-order valence-electron chi connectivity index (χ3n) is 2.36. The van der Waals surface area contributed by atoms with E-state index in [1.54, 1.807) is 18.4 Å². The largest absolute Gasteiger partial charge is 0.378 e. The number of rotatable bonds is 6. The van der Waals surface area contributed by atoms with Crippen molar-refractivity contribution in [2.45, 2.75) is 59.2 Å². The number of nitrogens with one attached hydrogen (secondary N) is 1. The van der Waals surface area contributed by atoms with E-state index < -0.39 is 0 Å². The summed E-state index contributed by atoms with van der Waals surface area (Å²) in [6.07, 6.45) is 2.19. The minimum Gasteiger partial charge on any atom is -0.378 e. The summed E-state index contributed by atoms with van der Waals surface area (Å²) in [5.41, 5.74) is 1.39. The summed E-state index contributed by atoms with van der Waals surface area (Å²) in [5, 5.41) is 4.61. The molecule has 3 nitrogen and oxygen atoms in total. The van der Waals surface area contributed by atoms with Gasteiger partial charge >= 0.3 is 0 Å². The predicted octanol–water partition coefficient (Wildman–Crippen LogP) is 3.13. The summed E-state index contributed by atoms with van der Waals surface area (Å²) < 4.78 is 5.15. The third kappa shape index (κ3) is 5.15. The molecule has 0 aliphatic heterocycles. The molecule has 98 valence electrons. The van der Waals surface area contributed by atoms with E-state index in [1.165, 1.54) is 10.6 Å². The van der Waals surface area contributed by atoms with Gasteiger partial charge in [-0.15, -0.1) is 11.3 Å². The van der Waals surface area contributed by atoms with Gasteiger partial charge in [0, 0.05) is 24.1 Å². The SMILES string of the molecule is CCCc1nc(COC)sc1CNC(C)(C)C. The van der Waals surface area contributed by atoms with Gasteiger partial charge in [0.25, 0.3) is 0 Å². The molecule has 0 amide bonds. The number of nitrogens with zero attached hydrogens (tertiary/aromatic N) is 1. The Morgan fingerprint density at radius 1 is 1.35 bits per heavy atom. The molecule has 1 aromatic heterocycles. The lowest BCUT2D eigenvalue weighted by Gasteiger charge is -2.20. The number of aryl methyl sites for hydroxylation is 1. The molecule has 1 N–H and O–H groups in total. The van der Waals surface area contributed by atoms with Gasteiger partial charge < -0.3 is 10.1 Å². The van der Waals surface area contributed by atoms with Crippen LogP contribution in [0.2, 0.25) is 0 Å². The minimum atomic E-state index is 0.148.